The zero-order chi connectivity index (χ0) is 19.9. The molecule has 0 spiro atoms. The van der Waals surface area contributed by atoms with Gasteiger partial charge in [0.2, 0.25) is 5.91 Å². The lowest BCUT2D eigenvalue weighted by molar-refractivity contribution is -0.123. The SMILES string of the molecule is NC(=O)C1CCN(Cc2cccc(NC(=O)COc3ccccc3Cl)c2)CC1. The lowest BCUT2D eigenvalue weighted by Gasteiger charge is -2.30. The highest BCUT2D eigenvalue weighted by molar-refractivity contribution is 6.32. The van der Waals surface area contributed by atoms with Crippen molar-refractivity contribution in [3.05, 3.63) is 59.1 Å². The van der Waals surface area contributed by atoms with Crippen molar-refractivity contribution < 1.29 is 14.3 Å². The minimum Gasteiger partial charge on any atom is -0.482 e. The van der Waals surface area contributed by atoms with Gasteiger partial charge in [-0.2, -0.15) is 0 Å². The van der Waals surface area contributed by atoms with Gasteiger partial charge in [0.05, 0.1) is 5.02 Å². The quantitative estimate of drug-likeness (QED) is 0.746. The van der Waals surface area contributed by atoms with Gasteiger partial charge in [0, 0.05) is 18.2 Å². The fraction of sp³-hybridized carbons (Fsp3) is 0.333. The van der Waals surface area contributed by atoms with Crippen molar-refractivity contribution in [2.24, 2.45) is 11.7 Å². The van der Waals surface area contributed by atoms with E-state index in [4.69, 9.17) is 22.1 Å². The smallest absolute Gasteiger partial charge is 0.262 e. The average Bonchev–Trinajstić information content (AvgIpc) is 2.68. The number of halogens is 1. The molecule has 1 heterocycles. The van der Waals surface area contributed by atoms with Gasteiger partial charge in [-0.05, 0) is 55.8 Å². The van der Waals surface area contributed by atoms with Crippen LogP contribution in [0.1, 0.15) is 18.4 Å². The third-order valence-corrected chi connectivity index (χ3v) is 5.11. The maximum atomic E-state index is 12.2. The molecule has 3 N–H and O–H groups in total. The number of carbonyl (C=O) groups excluding carboxylic acids is 2. The monoisotopic (exact) mass is 401 g/mol. The second-order valence-corrected chi connectivity index (χ2v) is 7.33. The minimum atomic E-state index is -0.251. The molecule has 1 aliphatic heterocycles. The largest absolute Gasteiger partial charge is 0.482 e. The molecule has 1 aliphatic rings. The Morgan fingerprint density at radius 3 is 2.61 bits per heavy atom. The number of nitrogens with zero attached hydrogens (tertiary/aromatic N) is 1. The van der Waals surface area contributed by atoms with Crippen molar-refractivity contribution in [1.82, 2.24) is 4.90 Å². The predicted molar refractivity (Wildman–Crippen MR) is 109 cm³/mol. The third kappa shape index (κ3) is 5.71. The molecule has 0 aliphatic carbocycles. The number of rotatable bonds is 7. The van der Waals surface area contributed by atoms with E-state index in [1.807, 2.05) is 24.3 Å². The van der Waals surface area contributed by atoms with Gasteiger partial charge < -0.3 is 15.8 Å². The molecule has 2 aromatic rings. The molecule has 0 saturated carbocycles. The van der Waals surface area contributed by atoms with Gasteiger partial charge in [-0.15, -0.1) is 0 Å². The van der Waals surface area contributed by atoms with Crippen LogP contribution in [0.25, 0.3) is 0 Å². The molecule has 0 unspecified atom stereocenters. The highest BCUT2D eigenvalue weighted by Gasteiger charge is 2.23. The van der Waals surface area contributed by atoms with E-state index in [0.29, 0.717) is 10.8 Å². The Hall–Kier alpha value is -2.57. The summed E-state index contributed by atoms with van der Waals surface area (Å²) in [5.41, 5.74) is 7.21. The molecule has 2 amide bonds. The molecule has 3 rings (SSSR count). The number of nitrogens with two attached hydrogens (primary N) is 1. The first-order valence-corrected chi connectivity index (χ1v) is 9.67. The molecule has 7 heteroatoms. The Morgan fingerprint density at radius 2 is 1.89 bits per heavy atom. The number of benzene rings is 2. The van der Waals surface area contributed by atoms with Gasteiger partial charge in [0.15, 0.2) is 6.61 Å². The van der Waals surface area contributed by atoms with E-state index in [1.54, 1.807) is 24.3 Å². The number of hydrogen-bond acceptors (Lipinski definition) is 4. The average molecular weight is 402 g/mol. The Labute approximate surface area is 169 Å². The van der Waals surface area contributed by atoms with Crippen LogP contribution in [0, 0.1) is 5.92 Å². The highest BCUT2D eigenvalue weighted by Crippen LogP contribution is 2.23. The molecule has 0 aromatic heterocycles. The zero-order valence-corrected chi connectivity index (χ0v) is 16.3. The number of amides is 2. The first-order valence-electron chi connectivity index (χ1n) is 9.29. The summed E-state index contributed by atoms with van der Waals surface area (Å²) in [5.74, 6) is 0.00938. The van der Waals surface area contributed by atoms with Crippen LogP contribution in [0.5, 0.6) is 5.75 Å². The first kappa shape index (κ1) is 20.2. The molecule has 6 nitrogen and oxygen atoms in total. The number of primary amides is 1. The molecule has 0 radical (unpaired) electrons. The molecule has 2 aromatic carbocycles. The molecule has 1 saturated heterocycles. The van der Waals surface area contributed by atoms with E-state index in [0.717, 1.165) is 43.7 Å². The van der Waals surface area contributed by atoms with Crippen LogP contribution >= 0.6 is 11.6 Å². The second kappa shape index (κ2) is 9.57. The van der Waals surface area contributed by atoms with Crippen LogP contribution in [0.4, 0.5) is 5.69 Å². The zero-order valence-electron chi connectivity index (χ0n) is 15.6. The fourth-order valence-corrected chi connectivity index (χ4v) is 3.47. The van der Waals surface area contributed by atoms with Crippen molar-refractivity contribution >= 4 is 29.1 Å². The Kier molecular flexibility index (Phi) is 6.90. The topological polar surface area (TPSA) is 84.7 Å². The van der Waals surface area contributed by atoms with Gasteiger partial charge in [-0.3, -0.25) is 14.5 Å². The number of nitrogens with one attached hydrogen (secondary N) is 1. The molecule has 148 valence electrons. The van der Waals surface area contributed by atoms with Gasteiger partial charge in [-0.1, -0.05) is 35.9 Å². The Bertz CT molecular complexity index is 835. The lowest BCUT2D eigenvalue weighted by atomic mass is 9.96. The number of ether oxygens (including phenoxy) is 1. The van der Waals surface area contributed by atoms with Crippen molar-refractivity contribution in [2.45, 2.75) is 19.4 Å². The number of piperidine rings is 1. The van der Waals surface area contributed by atoms with Crippen molar-refractivity contribution in [3.63, 3.8) is 0 Å². The highest BCUT2D eigenvalue weighted by atomic mass is 35.5. The predicted octanol–water partition coefficient (Wildman–Crippen LogP) is 3.05. The van der Waals surface area contributed by atoms with E-state index in [2.05, 4.69) is 10.2 Å². The number of carbonyl (C=O) groups is 2. The summed E-state index contributed by atoms with van der Waals surface area (Å²) in [6, 6.07) is 14.8. The van der Waals surface area contributed by atoms with E-state index in [1.165, 1.54) is 0 Å². The van der Waals surface area contributed by atoms with Crippen LogP contribution in [-0.4, -0.2) is 36.4 Å². The number of hydrogen-bond donors (Lipinski definition) is 2. The molecule has 28 heavy (non-hydrogen) atoms. The second-order valence-electron chi connectivity index (χ2n) is 6.92. The van der Waals surface area contributed by atoms with Gasteiger partial charge in [-0.25, -0.2) is 0 Å². The first-order chi connectivity index (χ1) is 13.5. The summed E-state index contributed by atoms with van der Waals surface area (Å²) >= 11 is 6.02. The molecular weight excluding hydrogens is 378 g/mol. The number of likely N-dealkylation sites (tertiary alicyclic amines) is 1. The molecule has 0 atom stereocenters. The van der Waals surface area contributed by atoms with Crippen LogP contribution in [0.2, 0.25) is 5.02 Å². The van der Waals surface area contributed by atoms with Crippen molar-refractivity contribution in [3.8, 4) is 5.75 Å². The van der Waals surface area contributed by atoms with E-state index in [9.17, 15) is 9.59 Å². The summed E-state index contributed by atoms with van der Waals surface area (Å²) in [6.07, 6.45) is 1.59. The van der Waals surface area contributed by atoms with Gasteiger partial charge in [0.25, 0.3) is 5.91 Å². The third-order valence-electron chi connectivity index (χ3n) is 4.80. The standard InChI is InChI=1S/C21H24ClN3O3/c22-18-6-1-2-7-19(18)28-14-20(26)24-17-5-3-4-15(12-17)13-25-10-8-16(9-11-25)21(23)27/h1-7,12,16H,8-11,13-14H2,(H2,23,27)(H,24,26). The van der Waals surface area contributed by atoms with E-state index >= 15 is 0 Å². The summed E-state index contributed by atoms with van der Waals surface area (Å²) in [4.78, 5) is 25.7. The van der Waals surface area contributed by atoms with Gasteiger partial charge >= 0.3 is 0 Å². The van der Waals surface area contributed by atoms with Gasteiger partial charge in [0.1, 0.15) is 5.75 Å². The van der Waals surface area contributed by atoms with Crippen LogP contribution in [0.15, 0.2) is 48.5 Å². The Morgan fingerprint density at radius 1 is 1.14 bits per heavy atom. The van der Waals surface area contributed by atoms with Crippen molar-refractivity contribution in [2.75, 3.05) is 25.0 Å². The normalized spacial score (nSPS) is 15.2. The summed E-state index contributed by atoms with van der Waals surface area (Å²) in [6.45, 7) is 2.34. The van der Waals surface area contributed by atoms with E-state index < -0.39 is 0 Å². The maximum Gasteiger partial charge on any atom is 0.262 e. The minimum absolute atomic E-state index is 0.0139. The molecule has 0 bridgehead atoms. The van der Waals surface area contributed by atoms with Crippen LogP contribution < -0.4 is 15.8 Å². The lowest BCUT2D eigenvalue weighted by Crippen LogP contribution is -2.38. The number of anilines is 1. The maximum absolute atomic E-state index is 12.2. The molecule has 1 fully saturated rings. The molecular formula is C21H24ClN3O3. The summed E-state index contributed by atoms with van der Waals surface area (Å²) in [5, 5.41) is 3.31. The summed E-state index contributed by atoms with van der Waals surface area (Å²) < 4.78 is 5.46. The number of para-hydroxylation sites is 1. The Balaban J connectivity index is 1.50. The van der Waals surface area contributed by atoms with Crippen LogP contribution in [-0.2, 0) is 16.1 Å². The fourth-order valence-electron chi connectivity index (χ4n) is 3.28. The van der Waals surface area contributed by atoms with Crippen molar-refractivity contribution in [1.29, 1.82) is 0 Å². The van der Waals surface area contributed by atoms with E-state index in [-0.39, 0.29) is 24.3 Å². The summed E-state index contributed by atoms with van der Waals surface area (Å²) in [7, 11) is 0. The van der Waals surface area contributed by atoms with Crippen LogP contribution in [0.3, 0.4) is 0 Å².